The van der Waals surface area contributed by atoms with Gasteiger partial charge in [-0.2, -0.15) is 0 Å². The number of rotatable bonds is 6. The van der Waals surface area contributed by atoms with Crippen molar-refractivity contribution >= 4 is 7.12 Å². The van der Waals surface area contributed by atoms with Crippen LogP contribution in [0.2, 0.25) is 6.32 Å². The average Bonchev–Trinajstić information content (AvgIpc) is 3.07. The van der Waals surface area contributed by atoms with Gasteiger partial charge in [-0.15, -0.1) is 0 Å². The van der Waals surface area contributed by atoms with Gasteiger partial charge in [0.2, 0.25) is 0 Å². The molecule has 1 aromatic carbocycles. The summed E-state index contributed by atoms with van der Waals surface area (Å²) in [4.78, 5) is 4.23. The molecule has 1 N–H and O–H groups in total. The van der Waals surface area contributed by atoms with E-state index in [-0.39, 0.29) is 11.7 Å². The molecule has 1 atom stereocenters. The highest BCUT2D eigenvalue weighted by atomic mass is 19.1. The standard InChI is InChI=1S/C18H21BFNO4/c1-3-6-24-18-16(23-2)5-4-15(17(18)20)13-7-12(9-21-10-13)14-8-19(22)25-11-14/h4-5,7,9-10,14,22H,3,6,8,11H2,1-2H3/t14-/m0/s1. The van der Waals surface area contributed by atoms with Crippen molar-refractivity contribution in [2.45, 2.75) is 25.6 Å². The smallest absolute Gasteiger partial charge is 0.454 e. The van der Waals surface area contributed by atoms with Crippen LogP contribution < -0.4 is 9.47 Å². The van der Waals surface area contributed by atoms with Crippen molar-refractivity contribution in [1.29, 1.82) is 0 Å². The van der Waals surface area contributed by atoms with Gasteiger partial charge in [-0.1, -0.05) is 6.92 Å². The quantitative estimate of drug-likeness (QED) is 0.815. The summed E-state index contributed by atoms with van der Waals surface area (Å²) < 4.78 is 30.9. The fourth-order valence-corrected chi connectivity index (χ4v) is 2.93. The molecule has 2 aromatic rings. The van der Waals surface area contributed by atoms with Gasteiger partial charge in [-0.3, -0.25) is 4.98 Å². The van der Waals surface area contributed by atoms with E-state index in [1.54, 1.807) is 24.5 Å². The molecule has 0 spiro atoms. The molecule has 2 heterocycles. The molecule has 0 radical (unpaired) electrons. The van der Waals surface area contributed by atoms with E-state index in [2.05, 4.69) is 4.98 Å². The number of halogens is 1. The first-order valence-corrected chi connectivity index (χ1v) is 8.38. The van der Waals surface area contributed by atoms with Gasteiger partial charge >= 0.3 is 7.12 Å². The van der Waals surface area contributed by atoms with Crippen LogP contribution in [0.3, 0.4) is 0 Å². The van der Waals surface area contributed by atoms with E-state index in [1.807, 2.05) is 13.0 Å². The first-order valence-electron chi connectivity index (χ1n) is 8.38. The second kappa shape index (κ2) is 7.84. The summed E-state index contributed by atoms with van der Waals surface area (Å²) in [5, 5.41) is 9.53. The van der Waals surface area contributed by atoms with Crippen molar-refractivity contribution in [1.82, 2.24) is 4.98 Å². The minimum absolute atomic E-state index is 0.0552. The first-order chi connectivity index (χ1) is 12.1. The highest BCUT2D eigenvalue weighted by Crippen LogP contribution is 2.38. The van der Waals surface area contributed by atoms with E-state index in [0.717, 1.165) is 12.0 Å². The summed E-state index contributed by atoms with van der Waals surface area (Å²) in [5.74, 6) is 0.0760. The lowest BCUT2D eigenvalue weighted by Crippen LogP contribution is -2.07. The molecule has 132 valence electrons. The van der Waals surface area contributed by atoms with Crippen LogP contribution in [0, 0.1) is 5.82 Å². The number of benzene rings is 1. The average molecular weight is 345 g/mol. The molecule has 7 heteroatoms. The van der Waals surface area contributed by atoms with Gasteiger partial charge in [-0.25, -0.2) is 4.39 Å². The van der Waals surface area contributed by atoms with Crippen LogP contribution in [-0.4, -0.2) is 37.4 Å². The molecule has 5 nitrogen and oxygen atoms in total. The summed E-state index contributed by atoms with van der Waals surface area (Å²) in [7, 11) is 0.737. The second-order valence-corrected chi connectivity index (χ2v) is 6.03. The Labute approximate surface area is 146 Å². The molecule has 1 aromatic heterocycles. The number of hydrogen-bond donors (Lipinski definition) is 1. The van der Waals surface area contributed by atoms with Crippen LogP contribution in [0.4, 0.5) is 4.39 Å². The minimum atomic E-state index is -0.750. The van der Waals surface area contributed by atoms with Crippen LogP contribution in [0.15, 0.2) is 30.6 Å². The fraction of sp³-hybridized carbons (Fsp3) is 0.389. The predicted octanol–water partition coefficient (Wildman–Crippen LogP) is 3.28. The Bertz CT molecular complexity index is 743. The van der Waals surface area contributed by atoms with Crippen molar-refractivity contribution in [3.63, 3.8) is 0 Å². The van der Waals surface area contributed by atoms with E-state index in [4.69, 9.17) is 14.1 Å². The summed E-state index contributed by atoms with van der Waals surface area (Å²) in [6, 6.07) is 5.24. The molecule has 0 saturated carbocycles. The van der Waals surface area contributed by atoms with Crippen LogP contribution in [0.1, 0.15) is 24.8 Å². The van der Waals surface area contributed by atoms with E-state index in [1.165, 1.54) is 7.11 Å². The topological polar surface area (TPSA) is 60.8 Å². The molecule has 3 rings (SSSR count). The largest absolute Gasteiger partial charge is 0.493 e. The zero-order chi connectivity index (χ0) is 17.8. The van der Waals surface area contributed by atoms with Gasteiger partial charge in [0.1, 0.15) is 0 Å². The van der Waals surface area contributed by atoms with Crippen molar-refractivity contribution in [2.24, 2.45) is 0 Å². The molecule has 0 unspecified atom stereocenters. The number of aromatic nitrogens is 1. The minimum Gasteiger partial charge on any atom is -0.493 e. The van der Waals surface area contributed by atoms with Crippen LogP contribution in [-0.2, 0) is 4.65 Å². The van der Waals surface area contributed by atoms with Gasteiger partial charge in [0.15, 0.2) is 17.3 Å². The lowest BCUT2D eigenvalue weighted by molar-refractivity contribution is 0.280. The highest BCUT2D eigenvalue weighted by Gasteiger charge is 2.30. The van der Waals surface area contributed by atoms with Crippen LogP contribution >= 0.6 is 0 Å². The first kappa shape index (κ1) is 17.7. The second-order valence-electron chi connectivity index (χ2n) is 6.03. The molecule has 0 amide bonds. The normalized spacial score (nSPS) is 17.0. The number of pyridine rings is 1. The maximum atomic E-state index is 15.0. The Hall–Kier alpha value is -2.12. The van der Waals surface area contributed by atoms with Crippen LogP contribution in [0.5, 0.6) is 11.5 Å². The van der Waals surface area contributed by atoms with E-state index >= 15 is 4.39 Å². The monoisotopic (exact) mass is 345 g/mol. The van der Waals surface area contributed by atoms with Gasteiger partial charge < -0.3 is 19.2 Å². The molecule has 1 aliphatic heterocycles. The van der Waals surface area contributed by atoms with Crippen LogP contribution in [0.25, 0.3) is 11.1 Å². The van der Waals surface area contributed by atoms with Crippen molar-refractivity contribution in [3.05, 3.63) is 42.0 Å². The molecule has 1 fully saturated rings. The fourth-order valence-electron chi connectivity index (χ4n) is 2.93. The van der Waals surface area contributed by atoms with Gasteiger partial charge in [0.25, 0.3) is 0 Å². The van der Waals surface area contributed by atoms with E-state index in [9.17, 15) is 5.02 Å². The Balaban J connectivity index is 1.96. The number of ether oxygens (including phenoxy) is 2. The zero-order valence-corrected chi connectivity index (χ0v) is 14.4. The van der Waals surface area contributed by atoms with Crippen molar-refractivity contribution in [3.8, 4) is 22.6 Å². The Morgan fingerprint density at radius 1 is 1.40 bits per heavy atom. The molecule has 1 aliphatic rings. The lowest BCUT2D eigenvalue weighted by Gasteiger charge is -2.15. The number of nitrogens with zero attached hydrogens (tertiary/aromatic N) is 1. The third-order valence-electron chi connectivity index (χ3n) is 4.25. The third-order valence-corrected chi connectivity index (χ3v) is 4.25. The van der Waals surface area contributed by atoms with Gasteiger partial charge in [-0.05, 0) is 36.5 Å². The van der Waals surface area contributed by atoms with Crippen molar-refractivity contribution < 1.29 is 23.5 Å². The van der Waals surface area contributed by atoms with E-state index in [0.29, 0.717) is 36.4 Å². The molecule has 0 bridgehead atoms. The molecule has 1 saturated heterocycles. The maximum absolute atomic E-state index is 15.0. The molecular formula is C18H21BFNO4. The van der Waals surface area contributed by atoms with Gasteiger partial charge in [0, 0.05) is 36.0 Å². The molecular weight excluding hydrogens is 324 g/mol. The zero-order valence-electron chi connectivity index (χ0n) is 14.4. The Morgan fingerprint density at radius 3 is 2.92 bits per heavy atom. The molecule has 25 heavy (non-hydrogen) atoms. The summed E-state index contributed by atoms with van der Waals surface area (Å²) in [5.41, 5.74) is 1.97. The Morgan fingerprint density at radius 2 is 2.24 bits per heavy atom. The Kier molecular flexibility index (Phi) is 5.55. The van der Waals surface area contributed by atoms with Gasteiger partial charge in [0.05, 0.1) is 13.7 Å². The predicted molar refractivity (Wildman–Crippen MR) is 93.4 cm³/mol. The lowest BCUT2D eigenvalue weighted by atomic mass is 9.80. The summed E-state index contributed by atoms with van der Waals surface area (Å²) in [6.45, 7) is 2.80. The highest BCUT2D eigenvalue weighted by molar-refractivity contribution is 6.43. The summed E-state index contributed by atoms with van der Waals surface area (Å²) in [6.07, 6.45) is 4.63. The number of methoxy groups -OCH3 is 1. The molecule has 0 aliphatic carbocycles. The summed E-state index contributed by atoms with van der Waals surface area (Å²) >= 11 is 0. The van der Waals surface area contributed by atoms with Crippen molar-refractivity contribution in [2.75, 3.05) is 20.3 Å². The number of hydrogen-bond acceptors (Lipinski definition) is 5. The maximum Gasteiger partial charge on any atom is 0.454 e. The SMILES string of the molecule is CCCOc1c(OC)ccc(-c2cncc([C@@H]3COB(O)C3)c2)c1F. The third kappa shape index (κ3) is 3.77. The van der Waals surface area contributed by atoms with E-state index < -0.39 is 12.9 Å².